The van der Waals surface area contributed by atoms with Crippen molar-refractivity contribution in [1.29, 1.82) is 0 Å². The number of benzene rings is 7. The Kier molecular flexibility index (Phi) is 8.07. The topological polar surface area (TPSA) is 51.1 Å². The van der Waals surface area contributed by atoms with E-state index < -0.39 is 0 Å². The van der Waals surface area contributed by atoms with Gasteiger partial charge in [-0.25, -0.2) is 15.0 Å². The Morgan fingerprint density at radius 2 is 0.937 bits per heavy atom. The highest BCUT2D eigenvalue weighted by atomic mass is 16.5. The molecular weight excluding hydrogens is 769 g/mol. The van der Waals surface area contributed by atoms with E-state index in [4.69, 9.17) is 19.7 Å². The summed E-state index contributed by atoms with van der Waals surface area (Å²) in [5, 5.41) is 0. The van der Waals surface area contributed by atoms with Crippen molar-refractivity contribution in [3.63, 3.8) is 0 Å². The average Bonchev–Trinajstić information content (AvgIpc) is 3.33. The van der Waals surface area contributed by atoms with Gasteiger partial charge in [0.1, 0.15) is 0 Å². The third kappa shape index (κ3) is 5.58. The van der Waals surface area contributed by atoms with Gasteiger partial charge in [-0.05, 0) is 138 Å². The smallest absolute Gasteiger partial charge is 0.164 e. The lowest BCUT2D eigenvalue weighted by Crippen LogP contribution is -2.58. The summed E-state index contributed by atoms with van der Waals surface area (Å²) in [6.07, 6.45) is 6.80. The molecule has 1 spiro atoms. The van der Waals surface area contributed by atoms with Crippen LogP contribution in [0, 0.1) is 23.7 Å². The van der Waals surface area contributed by atoms with Crippen LogP contribution in [-0.4, -0.2) is 15.0 Å². The van der Waals surface area contributed by atoms with E-state index in [2.05, 4.69) is 158 Å². The zero-order chi connectivity index (χ0) is 41.9. The second kappa shape index (κ2) is 13.8. The van der Waals surface area contributed by atoms with Gasteiger partial charge >= 0.3 is 0 Å². The van der Waals surface area contributed by atoms with Crippen LogP contribution in [0.15, 0.2) is 170 Å². The molecule has 8 aromatic rings. The van der Waals surface area contributed by atoms with E-state index in [0.29, 0.717) is 23.5 Å². The van der Waals surface area contributed by atoms with Gasteiger partial charge in [-0.2, -0.15) is 0 Å². The minimum absolute atomic E-state index is 0.0153. The summed E-state index contributed by atoms with van der Waals surface area (Å²) >= 11 is 0. The molecule has 0 N–H and O–H groups in total. The molecule has 6 aliphatic rings. The van der Waals surface area contributed by atoms with Gasteiger partial charge in [0.05, 0.1) is 11.4 Å². The summed E-state index contributed by atoms with van der Waals surface area (Å²) in [6.45, 7) is 4.87. The molecule has 1 aliphatic heterocycles. The summed E-state index contributed by atoms with van der Waals surface area (Å²) in [7, 11) is 0. The third-order valence-electron chi connectivity index (χ3n) is 15.5. The molecule has 0 unspecified atom stereocenters. The lowest BCUT2D eigenvalue weighted by atomic mass is 9.39. The number of hydrogen-bond donors (Lipinski definition) is 0. The average molecular weight is 817 g/mol. The number of nitrogens with zero attached hydrogens (tertiary/aromatic N) is 4. The van der Waals surface area contributed by atoms with E-state index in [0.717, 1.165) is 74.0 Å². The van der Waals surface area contributed by atoms with Crippen LogP contribution < -0.4 is 9.64 Å². The Balaban J connectivity index is 0.915. The highest BCUT2D eigenvalue weighted by Crippen LogP contribution is 2.68. The van der Waals surface area contributed by atoms with Gasteiger partial charge in [-0.15, -0.1) is 0 Å². The van der Waals surface area contributed by atoms with Crippen LogP contribution >= 0.6 is 0 Å². The van der Waals surface area contributed by atoms with Crippen LogP contribution in [0.4, 0.5) is 17.1 Å². The van der Waals surface area contributed by atoms with E-state index in [-0.39, 0.29) is 10.8 Å². The molecule has 5 nitrogen and oxygen atoms in total. The number of aromatic nitrogens is 3. The van der Waals surface area contributed by atoms with E-state index in [1.165, 1.54) is 48.8 Å². The summed E-state index contributed by atoms with van der Waals surface area (Å²) in [6, 6.07) is 60.9. The maximum atomic E-state index is 6.28. The maximum absolute atomic E-state index is 6.28. The number of para-hydroxylation sites is 4. The zero-order valence-electron chi connectivity index (χ0n) is 35.7. The number of ether oxygens (including phenoxy) is 1. The van der Waals surface area contributed by atoms with Gasteiger partial charge in [0.15, 0.2) is 29.0 Å². The molecule has 0 amide bonds. The summed E-state index contributed by atoms with van der Waals surface area (Å²) in [4.78, 5) is 18.1. The van der Waals surface area contributed by atoms with Crippen molar-refractivity contribution in [3.8, 4) is 56.8 Å². The number of hydrogen-bond acceptors (Lipinski definition) is 5. The number of rotatable bonds is 5. The third-order valence-corrected chi connectivity index (χ3v) is 15.5. The predicted octanol–water partition coefficient (Wildman–Crippen LogP) is 14.5. The molecule has 0 saturated heterocycles. The molecule has 4 fully saturated rings. The lowest BCUT2D eigenvalue weighted by molar-refractivity contribution is -0.0443. The Labute approximate surface area is 369 Å². The first-order valence-electron chi connectivity index (χ1n) is 22.9. The molecule has 5 aliphatic carbocycles. The minimum Gasteiger partial charge on any atom is -0.453 e. The molecule has 0 radical (unpaired) electrons. The molecule has 4 saturated carbocycles. The van der Waals surface area contributed by atoms with Gasteiger partial charge in [0.2, 0.25) is 0 Å². The second-order valence-electron chi connectivity index (χ2n) is 19.3. The predicted molar refractivity (Wildman–Crippen MR) is 253 cm³/mol. The molecule has 7 aromatic carbocycles. The SMILES string of the molecule is CC1(C)c2ccccc2C2(c3cc(-c4nc(-c5ccccc5)nc(-c5cccc(-c6ccc(N7c8ccccc8Oc8ccccc87)cc6)c5)n4)ccc31)C1CC3CC(C1)CC2C3. The van der Waals surface area contributed by atoms with Gasteiger partial charge in [-0.1, -0.05) is 135 Å². The van der Waals surface area contributed by atoms with Gasteiger partial charge in [0.25, 0.3) is 0 Å². The second-order valence-corrected chi connectivity index (χ2v) is 19.3. The quantitative estimate of drug-likeness (QED) is 0.173. The standard InChI is InChI=1S/C58H48N4O/c1-57(2)46-17-6-7-18-48(46)58(43-30-36-29-37(32-43)33-44(58)31-36)49-35-42(25-28-47(49)57)56-60-54(39-13-4-3-5-14-39)59-55(61-56)41-16-12-15-40(34-41)38-23-26-45(27-24-38)62-50-19-8-10-21-52(50)63-53-22-11-9-20-51(53)62/h3-28,34-37,43-44H,29-33H2,1-2H3. The number of anilines is 3. The van der Waals surface area contributed by atoms with Crippen molar-refractivity contribution in [2.45, 2.75) is 56.8 Å². The van der Waals surface area contributed by atoms with E-state index in [9.17, 15) is 0 Å². The van der Waals surface area contributed by atoms with Crippen molar-refractivity contribution in [1.82, 2.24) is 15.0 Å². The van der Waals surface area contributed by atoms with Crippen LogP contribution in [0.2, 0.25) is 0 Å². The Bertz CT molecular complexity index is 3030. The minimum atomic E-state index is -0.111. The van der Waals surface area contributed by atoms with Crippen LogP contribution in [-0.2, 0) is 10.8 Å². The van der Waals surface area contributed by atoms with Crippen LogP contribution in [0.5, 0.6) is 11.5 Å². The van der Waals surface area contributed by atoms with Crippen LogP contribution in [0.25, 0.3) is 45.3 Å². The highest BCUT2D eigenvalue weighted by molar-refractivity contribution is 5.87. The molecule has 306 valence electrons. The zero-order valence-corrected chi connectivity index (χ0v) is 35.7. The molecule has 14 rings (SSSR count). The van der Waals surface area contributed by atoms with Gasteiger partial charge in [-0.3, -0.25) is 0 Å². The molecular formula is C58H48N4O. The Hall–Kier alpha value is -6.85. The van der Waals surface area contributed by atoms with Crippen molar-refractivity contribution in [2.24, 2.45) is 23.7 Å². The lowest BCUT2D eigenvalue weighted by Gasteiger charge is -2.64. The Morgan fingerprint density at radius 1 is 0.429 bits per heavy atom. The summed E-state index contributed by atoms with van der Waals surface area (Å²) < 4.78 is 6.28. The fourth-order valence-electron chi connectivity index (χ4n) is 13.0. The fraction of sp³-hybridized carbons (Fsp3) is 0.224. The van der Waals surface area contributed by atoms with E-state index in [1.54, 1.807) is 5.56 Å². The van der Waals surface area contributed by atoms with Gasteiger partial charge < -0.3 is 9.64 Å². The summed E-state index contributed by atoms with van der Waals surface area (Å²) in [5.74, 6) is 6.83. The molecule has 5 heteroatoms. The first-order valence-corrected chi connectivity index (χ1v) is 22.9. The largest absolute Gasteiger partial charge is 0.453 e. The van der Waals surface area contributed by atoms with Crippen molar-refractivity contribution in [2.75, 3.05) is 4.90 Å². The monoisotopic (exact) mass is 816 g/mol. The first-order chi connectivity index (χ1) is 30.9. The molecule has 63 heavy (non-hydrogen) atoms. The maximum Gasteiger partial charge on any atom is 0.164 e. The summed E-state index contributed by atoms with van der Waals surface area (Å²) in [5.41, 5.74) is 14.3. The number of fused-ring (bicyclic) bond motifs is 4. The molecule has 0 atom stereocenters. The van der Waals surface area contributed by atoms with Crippen molar-refractivity contribution >= 4 is 17.1 Å². The highest BCUT2D eigenvalue weighted by Gasteiger charge is 2.62. The Morgan fingerprint density at radius 3 is 1.60 bits per heavy atom. The van der Waals surface area contributed by atoms with Gasteiger partial charge in [0, 0.05) is 33.2 Å². The van der Waals surface area contributed by atoms with E-state index in [1.807, 2.05) is 30.3 Å². The fourth-order valence-corrected chi connectivity index (χ4v) is 13.0. The molecule has 2 heterocycles. The van der Waals surface area contributed by atoms with Crippen molar-refractivity contribution in [3.05, 3.63) is 192 Å². The van der Waals surface area contributed by atoms with Crippen LogP contribution in [0.1, 0.15) is 68.2 Å². The van der Waals surface area contributed by atoms with Crippen molar-refractivity contribution < 1.29 is 4.74 Å². The van der Waals surface area contributed by atoms with Crippen LogP contribution in [0.3, 0.4) is 0 Å². The first kappa shape index (κ1) is 36.8. The normalized spacial score (nSPS) is 23.0. The van der Waals surface area contributed by atoms with E-state index >= 15 is 0 Å². The molecule has 1 aromatic heterocycles. The molecule has 4 bridgehead atoms.